The van der Waals surface area contributed by atoms with E-state index in [0.717, 1.165) is 30.2 Å². The number of carbonyl (C=O) groups is 1. The molecule has 2 unspecified atom stereocenters. The highest BCUT2D eigenvalue weighted by Gasteiger charge is 2.29. The molecular weight excluding hydrogens is 254 g/mol. The number of aliphatic hydroxyl groups is 1. The summed E-state index contributed by atoms with van der Waals surface area (Å²) in [4.78, 5) is 12.4. The molecule has 0 saturated heterocycles. The number of nitrogens with one attached hydrogen (secondary N) is 1. The predicted molar refractivity (Wildman–Crippen MR) is 76.4 cm³/mol. The molecule has 5 nitrogen and oxygen atoms in total. The molecular formula is C15H19N3O2. The van der Waals surface area contributed by atoms with Crippen LogP contribution in [0.4, 0.5) is 0 Å². The van der Waals surface area contributed by atoms with Crippen molar-refractivity contribution in [3.05, 3.63) is 30.0 Å². The third-order valence-electron chi connectivity index (χ3n) is 4.18. The topological polar surface area (TPSA) is 67.2 Å². The second kappa shape index (κ2) is 5.25. The van der Waals surface area contributed by atoms with E-state index in [0.29, 0.717) is 5.69 Å². The van der Waals surface area contributed by atoms with Gasteiger partial charge in [-0.3, -0.25) is 9.48 Å². The quantitative estimate of drug-likeness (QED) is 0.889. The minimum atomic E-state index is -0.146. The monoisotopic (exact) mass is 273 g/mol. The molecule has 1 amide bonds. The minimum Gasteiger partial charge on any atom is -0.396 e. The van der Waals surface area contributed by atoms with Crippen molar-refractivity contribution >= 4 is 16.8 Å². The van der Waals surface area contributed by atoms with E-state index in [1.807, 2.05) is 31.3 Å². The zero-order valence-electron chi connectivity index (χ0n) is 11.5. The molecule has 0 radical (unpaired) electrons. The summed E-state index contributed by atoms with van der Waals surface area (Å²) in [5.41, 5.74) is 1.41. The van der Waals surface area contributed by atoms with Gasteiger partial charge in [-0.25, -0.2) is 0 Å². The van der Waals surface area contributed by atoms with Gasteiger partial charge in [-0.05, 0) is 18.9 Å². The molecule has 1 aromatic heterocycles. The van der Waals surface area contributed by atoms with Gasteiger partial charge in [0, 0.05) is 31.0 Å². The Morgan fingerprint density at radius 1 is 1.45 bits per heavy atom. The molecule has 106 valence electrons. The molecule has 3 rings (SSSR count). The molecule has 1 fully saturated rings. The SMILES string of the molecule is Cn1nc(C(=O)NC2CCCC2CO)c2ccccc21. The second-order valence-corrected chi connectivity index (χ2v) is 5.44. The lowest BCUT2D eigenvalue weighted by atomic mass is 10.0. The number of aliphatic hydroxyl groups excluding tert-OH is 1. The number of carbonyl (C=O) groups excluding carboxylic acids is 1. The van der Waals surface area contributed by atoms with Crippen molar-refractivity contribution in [2.75, 3.05) is 6.61 Å². The Morgan fingerprint density at radius 2 is 2.25 bits per heavy atom. The fourth-order valence-corrected chi connectivity index (χ4v) is 3.06. The number of aryl methyl sites for hydroxylation is 1. The zero-order valence-corrected chi connectivity index (χ0v) is 11.5. The maximum atomic E-state index is 12.4. The molecule has 1 saturated carbocycles. The maximum Gasteiger partial charge on any atom is 0.272 e. The van der Waals surface area contributed by atoms with E-state index in [1.165, 1.54) is 0 Å². The molecule has 0 spiro atoms. The van der Waals surface area contributed by atoms with Gasteiger partial charge in [0.15, 0.2) is 5.69 Å². The first-order valence-corrected chi connectivity index (χ1v) is 7.04. The molecule has 0 bridgehead atoms. The van der Waals surface area contributed by atoms with Crippen LogP contribution in [0.3, 0.4) is 0 Å². The number of rotatable bonds is 3. The largest absolute Gasteiger partial charge is 0.396 e. The third kappa shape index (κ3) is 2.18. The van der Waals surface area contributed by atoms with Crippen molar-refractivity contribution in [2.24, 2.45) is 13.0 Å². The lowest BCUT2D eigenvalue weighted by Gasteiger charge is -2.18. The number of hydrogen-bond acceptors (Lipinski definition) is 3. The Morgan fingerprint density at radius 3 is 3.05 bits per heavy atom. The van der Waals surface area contributed by atoms with Crippen LogP contribution in [-0.2, 0) is 7.05 Å². The average Bonchev–Trinajstić information content (AvgIpc) is 3.04. The average molecular weight is 273 g/mol. The van der Waals surface area contributed by atoms with E-state index in [9.17, 15) is 9.90 Å². The van der Waals surface area contributed by atoms with Crippen LogP contribution in [-0.4, -0.2) is 33.4 Å². The van der Waals surface area contributed by atoms with E-state index < -0.39 is 0 Å². The summed E-state index contributed by atoms with van der Waals surface area (Å²) in [6, 6.07) is 7.77. The summed E-state index contributed by atoms with van der Waals surface area (Å²) in [5, 5.41) is 17.5. The van der Waals surface area contributed by atoms with E-state index in [-0.39, 0.29) is 24.5 Å². The van der Waals surface area contributed by atoms with E-state index in [2.05, 4.69) is 10.4 Å². The molecule has 1 aliphatic carbocycles. The van der Waals surface area contributed by atoms with Crippen LogP contribution < -0.4 is 5.32 Å². The number of aromatic nitrogens is 2. The van der Waals surface area contributed by atoms with Crippen LogP contribution in [0.2, 0.25) is 0 Å². The first kappa shape index (κ1) is 13.1. The highest BCUT2D eigenvalue weighted by molar-refractivity contribution is 6.04. The van der Waals surface area contributed by atoms with Crippen molar-refractivity contribution in [1.82, 2.24) is 15.1 Å². The van der Waals surface area contributed by atoms with Gasteiger partial charge in [0.2, 0.25) is 0 Å². The molecule has 2 atom stereocenters. The second-order valence-electron chi connectivity index (χ2n) is 5.44. The van der Waals surface area contributed by atoms with Gasteiger partial charge in [0.05, 0.1) is 5.52 Å². The first-order valence-electron chi connectivity index (χ1n) is 7.04. The van der Waals surface area contributed by atoms with Crippen LogP contribution in [0.25, 0.3) is 10.9 Å². The van der Waals surface area contributed by atoms with Crippen molar-refractivity contribution in [2.45, 2.75) is 25.3 Å². The van der Waals surface area contributed by atoms with E-state index in [4.69, 9.17) is 0 Å². The lowest BCUT2D eigenvalue weighted by Crippen LogP contribution is -2.38. The third-order valence-corrected chi connectivity index (χ3v) is 4.18. The van der Waals surface area contributed by atoms with Crippen molar-refractivity contribution in [1.29, 1.82) is 0 Å². The number of nitrogens with zero attached hydrogens (tertiary/aromatic N) is 2. The summed E-state index contributed by atoms with van der Waals surface area (Å²) in [6.45, 7) is 0.133. The molecule has 2 aromatic rings. The molecule has 0 aliphatic heterocycles. The van der Waals surface area contributed by atoms with Gasteiger partial charge in [0.1, 0.15) is 0 Å². The van der Waals surface area contributed by atoms with Crippen LogP contribution in [0.1, 0.15) is 29.8 Å². The van der Waals surface area contributed by atoms with E-state index >= 15 is 0 Å². The summed E-state index contributed by atoms with van der Waals surface area (Å²) in [7, 11) is 1.84. The maximum absolute atomic E-state index is 12.4. The number of amides is 1. The Balaban J connectivity index is 1.86. The zero-order chi connectivity index (χ0) is 14.1. The Labute approximate surface area is 117 Å². The fourth-order valence-electron chi connectivity index (χ4n) is 3.06. The number of para-hydroxylation sites is 1. The first-order chi connectivity index (χ1) is 9.70. The van der Waals surface area contributed by atoms with Crippen molar-refractivity contribution in [3.8, 4) is 0 Å². The summed E-state index contributed by atoms with van der Waals surface area (Å²) < 4.78 is 1.72. The van der Waals surface area contributed by atoms with Gasteiger partial charge in [-0.1, -0.05) is 24.6 Å². The minimum absolute atomic E-state index is 0.0632. The normalized spacial score (nSPS) is 22.3. The lowest BCUT2D eigenvalue weighted by molar-refractivity contribution is 0.0912. The molecule has 20 heavy (non-hydrogen) atoms. The highest BCUT2D eigenvalue weighted by atomic mass is 16.3. The smallest absolute Gasteiger partial charge is 0.272 e. The van der Waals surface area contributed by atoms with Gasteiger partial charge in [0.25, 0.3) is 5.91 Å². The number of fused-ring (bicyclic) bond motifs is 1. The predicted octanol–water partition coefficient (Wildman–Crippen LogP) is 1.46. The molecule has 5 heteroatoms. The fraction of sp³-hybridized carbons (Fsp3) is 0.467. The summed E-state index contributed by atoms with van der Waals surface area (Å²) in [5.74, 6) is 0.0288. The number of hydrogen-bond donors (Lipinski definition) is 2. The van der Waals surface area contributed by atoms with Crippen LogP contribution >= 0.6 is 0 Å². The Bertz CT molecular complexity index is 635. The number of benzene rings is 1. The summed E-state index contributed by atoms with van der Waals surface area (Å²) in [6.07, 6.45) is 2.96. The Kier molecular flexibility index (Phi) is 3.44. The summed E-state index contributed by atoms with van der Waals surface area (Å²) >= 11 is 0. The van der Waals surface area contributed by atoms with Crippen LogP contribution in [0.15, 0.2) is 24.3 Å². The Hall–Kier alpha value is -1.88. The van der Waals surface area contributed by atoms with Crippen LogP contribution in [0.5, 0.6) is 0 Å². The molecule has 1 heterocycles. The molecule has 1 aromatic carbocycles. The van der Waals surface area contributed by atoms with Crippen molar-refractivity contribution in [3.63, 3.8) is 0 Å². The highest BCUT2D eigenvalue weighted by Crippen LogP contribution is 2.26. The van der Waals surface area contributed by atoms with Gasteiger partial charge < -0.3 is 10.4 Å². The molecule has 1 aliphatic rings. The van der Waals surface area contributed by atoms with Gasteiger partial charge in [-0.2, -0.15) is 5.10 Å². The van der Waals surface area contributed by atoms with Crippen LogP contribution in [0, 0.1) is 5.92 Å². The van der Waals surface area contributed by atoms with Gasteiger partial charge in [-0.15, -0.1) is 0 Å². The standard InChI is InChI=1S/C15H19N3O2/c1-18-13-8-3-2-6-11(13)14(17-18)15(20)16-12-7-4-5-10(12)9-19/h2-3,6,8,10,12,19H,4-5,7,9H2,1H3,(H,16,20). The van der Waals surface area contributed by atoms with E-state index in [1.54, 1.807) is 4.68 Å². The van der Waals surface area contributed by atoms with Gasteiger partial charge >= 0.3 is 0 Å². The molecule has 2 N–H and O–H groups in total. The van der Waals surface area contributed by atoms with Crippen molar-refractivity contribution < 1.29 is 9.90 Å².